The van der Waals surface area contributed by atoms with E-state index in [1.165, 1.54) is 0 Å². The molecule has 0 atom stereocenters. The molecule has 0 saturated heterocycles. The van der Waals surface area contributed by atoms with Crippen LogP contribution < -0.4 is 15.5 Å². The maximum absolute atomic E-state index is 6.32. The molecular formula is C18H22N5O2P. The van der Waals surface area contributed by atoms with E-state index >= 15 is 0 Å². The molecule has 7 nitrogen and oxygen atoms in total. The van der Waals surface area contributed by atoms with Gasteiger partial charge in [-0.15, -0.1) is 0 Å². The first kappa shape index (κ1) is 16.8. The van der Waals surface area contributed by atoms with Crippen LogP contribution in [0.1, 0.15) is 31.9 Å². The van der Waals surface area contributed by atoms with Crippen LogP contribution in [0.25, 0.3) is 0 Å². The van der Waals surface area contributed by atoms with E-state index in [0.717, 1.165) is 11.1 Å². The SMILES string of the molecule is CC(C)(C)NP12(NN=C(c3ccccc3)O1)NN=C(c1ccccc1)O2. The van der Waals surface area contributed by atoms with Crippen LogP contribution in [0.3, 0.4) is 0 Å². The van der Waals surface area contributed by atoms with Crippen molar-refractivity contribution in [2.24, 2.45) is 10.2 Å². The van der Waals surface area contributed by atoms with E-state index in [1.807, 2.05) is 81.4 Å². The fourth-order valence-electron chi connectivity index (χ4n) is 2.87. The summed E-state index contributed by atoms with van der Waals surface area (Å²) in [7, 11) is -3.80. The Morgan fingerprint density at radius 3 is 1.58 bits per heavy atom. The summed E-state index contributed by atoms with van der Waals surface area (Å²) < 4.78 is 12.6. The molecule has 1 spiro atoms. The van der Waals surface area contributed by atoms with Crippen molar-refractivity contribution in [1.82, 2.24) is 15.5 Å². The van der Waals surface area contributed by atoms with Gasteiger partial charge in [0.15, 0.2) is 0 Å². The maximum atomic E-state index is 6.32. The molecule has 0 unspecified atom stereocenters. The molecule has 2 heterocycles. The Hall–Kier alpha value is -2.63. The van der Waals surface area contributed by atoms with Crippen LogP contribution >= 0.6 is 7.51 Å². The average molecular weight is 371 g/mol. The van der Waals surface area contributed by atoms with Crippen molar-refractivity contribution in [2.75, 3.05) is 0 Å². The number of nitrogens with zero attached hydrogens (tertiary/aromatic N) is 2. The quantitative estimate of drug-likeness (QED) is 0.720. The van der Waals surface area contributed by atoms with Crippen LogP contribution in [0.15, 0.2) is 70.9 Å². The molecule has 0 fully saturated rings. The minimum atomic E-state index is -3.80. The Bertz CT molecular complexity index is 812. The van der Waals surface area contributed by atoms with Gasteiger partial charge in [0.1, 0.15) is 0 Å². The standard InChI is InChI=1S/C18H22N5O2P/c1-18(2,3)21-26(22-19-16(24-26)14-10-6-4-7-11-14)23-20-17(25-26)15-12-8-5-9-13-15/h4-13,21-23H,1-3H3. The van der Waals surface area contributed by atoms with E-state index < -0.39 is 7.51 Å². The molecule has 0 aromatic heterocycles. The first-order chi connectivity index (χ1) is 12.4. The molecule has 0 radical (unpaired) electrons. The zero-order valence-corrected chi connectivity index (χ0v) is 15.8. The number of hydrogen-bond donors (Lipinski definition) is 3. The van der Waals surface area contributed by atoms with Crippen molar-refractivity contribution < 1.29 is 9.05 Å². The molecule has 2 aliphatic rings. The van der Waals surface area contributed by atoms with E-state index in [4.69, 9.17) is 9.05 Å². The van der Waals surface area contributed by atoms with Crippen molar-refractivity contribution in [2.45, 2.75) is 26.3 Å². The second-order valence-corrected chi connectivity index (χ2v) is 10.2. The summed E-state index contributed by atoms with van der Waals surface area (Å²) in [6, 6.07) is 19.4. The molecule has 0 bridgehead atoms. The van der Waals surface area contributed by atoms with Gasteiger partial charge >= 0.3 is 152 Å². The van der Waals surface area contributed by atoms with Crippen molar-refractivity contribution >= 4 is 19.3 Å². The van der Waals surface area contributed by atoms with Crippen molar-refractivity contribution in [3.8, 4) is 0 Å². The normalized spacial score (nSPS) is 21.3. The zero-order chi connectivity index (χ0) is 18.3. The average Bonchev–Trinajstić information content (AvgIpc) is 3.18. The van der Waals surface area contributed by atoms with Crippen LogP contribution in [0, 0.1) is 0 Å². The molecule has 136 valence electrons. The molecule has 0 amide bonds. The van der Waals surface area contributed by atoms with Gasteiger partial charge in [-0.1, -0.05) is 0 Å². The summed E-state index contributed by atoms with van der Waals surface area (Å²) in [5.41, 5.74) is 1.40. The van der Waals surface area contributed by atoms with Gasteiger partial charge in [0, 0.05) is 0 Å². The van der Waals surface area contributed by atoms with Crippen molar-refractivity contribution in [3.05, 3.63) is 71.8 Å². The number of benzene rings is 2. The Morgan fingerprint density at radius 1 is 0.769 bits per heavy atom. The number of nitrogens with one attached hydrogen (secondary N) is 3. The molecule has 2 aromatic carbocycles. The third-order valence-electron chi connectivity index (χ3n) is 3.77. The Balaban J connectivity index is 1.67. The summed E-state index contributed by atoms with van der Waals surface area (Å²) in [6.07, 6.45) is 0. The molecule has 3 N–H and O–H groups in total. The van der Waals surface area contributed by atoms with Gasteiger partial charge in [-0.3, -0.25) is 0 Å². The van der Waals surface area contributed by atoms with Crippen LogP contribution in [-0.2, 0) is 9.05 Å². The van der Waals surface area contributed by atoms with Gasteiger partial charge in [0.05, 0.1) is 0 Å². The van der Waals surface area contributed by atoms with E-state index in [-0.39, 0.29) is 5.54 Å². The van der Waals surface area contributed by atoms with Crippen molar-refractivity contribution in [1.29, 1.82) is 0 Å². The summed E-state index contributed by atoms with van der Waals surface area (Å²) in [4.78, 5) is 0. The van der Waals surface area contributed by atoms with Crippen LogP contribution in [0.4, 0.5) is 0 Å². The summed E-state index contributed by atoms with van der Waals surface area (Å²) >= 11 is 0. The third-order valence-corrected chi connectivity index (χ3v) is 6.81. The molecule has 0 saturated carbocycles. The summed E-state index contributed by atoms with van der Waals surface area (Å²) in [6.45, 7) is 6.10. The molecule has 2 aromatic rings. The molecule has 8 heteroatoms. The fraction of sp³-hybridized carbons (Fsp3) is 0.222. The van der Waals surface area contributed by atoms with E-state index in [0.29, 0.717) is 11.8 Å². The van der Waals surface area contributed by atoms with Gasteiger partial charge in [-0.05, 0) is 0 Å². The third kappa shape index (κ3) is 3.00. The Labute approximate surface area is 152 Å². The molecule has 2 aliphatic heterocycles. The predicted octanol–water partition coefficient (Wildman–Crippen LogP) is 3.47. The van der Waals surface area contributed by atoms with E-state index in [1.54, 1.807) is 0 Å². The number of hydrogen-bond acceptors (Lipinski definition) is 7. The van der Waals surface area contributed by atoms with E-state index in [9.17, 15) is 0 Å². The van der Waals surface area contributed by atoms with Gasteiger partial charge in [0.2, 0.25) is 0 Å². The second-order valence-electron chi connectivity index (χ2n) is 7.27. The monoisotopic (exact) mass is 371 g/mol. The zero-order valence-electron chi connectivity index (χ0n) is 14.9. The van der Waals surface area contributed by atoms with E-state index in [2.05, 4.69) is 25.7 Å². The van der Waals surface area contributed by atoms with Gasteiger partial charge in [-0.2, -0.15) is 0 Å². The molecular weight excluding hydrogens is 349 g/mol. The Kier molecular flexibility index (Phi) is 3.68. The predicted molar refractivity (Wildman–Crippen MR) is 104 cm³/mol. The van der Waals surface area contributed by atoms with Gasteiger partial charge in [0.25, 0.3) is 0 Å². The molecule has 26 heavy (non-hydrogen) atoms. The number of rotatable bonds is 3. The fourth-order valence-corrected chi connectivity index (χ4v) is 6.02. The second kappa shape index (κ2) is 5.69. The molecule has 4 rings (SSSR count). The van der Waals surface area contributed by atoms with Crippen LogP contribution in [0.2, 0.25) is 0 Å². The molecule has 0 aliphatic carbocycles. The van der Waals surface area contributed by atoms with Gasteiger partial charge < -0.3 is 0 Å². The van der Waals surface area contributed by atoms with Crippen molar-refractivity contribution in [3.63, 3.8) is 0 Å². The first-order valence-corrected chi connectivity index (χ1v) is 10.5. The first-order valence-electron chi connectivity index (χ1n) is 8.41. The summed E-state index contributed by atoms with van der Waals surface area (Å²) in [5.74, 6) is 0.911. The minimum absolute atomic E-state index is 0.318. The topological polar surface area (TPSA) is 79.3 Å². The Morgan fingerprint density at radius 2 is 1.19 bits per heavy atom. The van der Waals surface area contributed by atoms with Crippen LogP contribution in [0.5, 0.6) is 0 Å². The van der Waals surface area contributed by atoms with Gasteiger partial charge in [-0.25, -0.2) is 0 Å². The summed E-state index contributed by atoms with van der Waals surface area (Å²) in [5, 5.41) is 18.4. The van der Waals surface area contributed by atoms with Crippen LogP contribution in [-0.4, -0.2) is 17.3 Å². The number of hydrazone groups is 2.